The molecule has 3 heteroatoms. The average Bonchev–Trinajstić information content (AvgIpc) is 2.75. The van der Waals surface area contributed by atoms with Crippen molar-refractivity contribution in [2.75, 3.05) is 26.2 Å². The lowest BCUT2D eigenvalue weighted by atomic mass is 9.98. The van der Waals surface area contributed by atoms with Crippen LogP contribution in [0.3, 0.4) is 0 Å². The third-order valence-corrected chi connectivity index (χ3v) is 3.85. The molecular weight excluding hydrogens is 236 g/mol. The highest BCUT2D eigenvalue weighted by Crippen LogP contribution is 2.23. The van der Waals surface area contributed by atoms with E-state index in [1.165, 1.54) is 11.1 Å². The minimum Gasteiger partial charge on any atom is -0.492 e. The van der Waals surface area contributed by atoms with E-state index in [0.717, 1.165) is 38.4 Å². The quantitative estimate of drug-likeness (QED) is 0.886. The number of rotatable bonds is 5. The van der Waals surface area contributed by atoms with E-state index in [-0.39, 0.29) is 0 Å². The molecular formula is C16H26N2O. The van der Waals surface area contributed by atoms with Crippen LogP contribution in [0.2, 0.25) is 0 Å². The molecule has 1 heterocycles. The highest BCUT2D eigenvalue weighted by atomic mass is 16.5. The maximum atomic E-state index is 5.89. The van der Waals surface area contributed by atoms with Crippen molar-refractivity contribution in [2.45, 2.75) is 39.2 Å². The number of likely N-dealkylation sites (tertiary alicyclic amines) is 1. The zero-order valence-electron chi connectivity index (χ0n) is 12.4. The zero-order valence-corrected chi connectivity index (χ0v) is 12.4. The Kier molecular flexibility index (Phi) is 4.83. The van der Waals surface area contributed by atoms with Gasteiger partial charge >= 0.3 is 0 Å². The Bertz CT molecular complexity index is 417. The van der Waals surface area contributed by atoms with Crippen LogP contribution in [-0.2, 0) is 0 Å². The van der Waals surface area contributed by atoms with E-state index >= 15 is 0 Å². The first-order valence-corrected chi connectivity index (χ1v) is 7.27. The largest absolute Gasteiger partial charge is 0.492 e. The van der Waals surface area contributed by atoms with Gasteiger partial charge in [0.25, 0.3) is 0 Å². The molecule has 1 aromatic rings. The summed E-state index contributed by atoms with van der Waals surface area (Å²) < 4.78 is 5.84. The van der Waals surface area contributed by atoms with Crippen LogP contribution in [0.4, 0.5) is 0 Å². The third kappa shape index (κ3) is 3.95. The monoisotopic (exact) mass is 262 g/mol. The normalized spacial score (nSPS) is 20.2. The molecule has 0 saturated carbocycles. The van der Waals surface area contributed by atoms with Gasteiger partial charge in [-0.05, 0) is 49.1 Å². The first-order valence-electron chi connectivity index (χ1n) is 7.27. The van der Waals surface area contributed by atoms with Gasteiger partial charge in [0, 0.05) is 19.1 Å². The fourth-order valence-electron chi connectivity index (χ4n) is 2.74. The topological polar surface area (TPSA) is 38.5 Å². The second-order valence-electron chi connectivity index (χ2n) is 5.87. The predicted octanol–water partition coefficient (Wildman–Crippen LogP) is 2.53. The van der Waals surface area contributed by atoms with Crippen LogP contribution >= 0.6 is 0 Å². The molecule has 0 amide bonds. The van der Waals surface area contributed by atoms with Crippen LogP contribution in [0.15, 0.2) is 18.2 Å². The molecule has 1 aliphatic rings. The van der Waals surface area contributed by atoms with Gasteiger partial charge in [0.1, 0.15) is 12.4 Å². The lowest BCUT2D eigenvalue weighted by Crippen LogP contribution is -2.29. The SMILES string of the molecule is Cc1cc(OCCN2CC[C@@H](N)C2)ccc1C(C)C. The van der Waals surface area contributed by atoms with Crippen molar-refractivity contribution >= 4 is 0 Å². The van der Waals surface area contributed by atoms with Crippen LogP contribution in [0, 0.1) is 6.92 Å². The summed E-state index contributed by atoms with van der Waals surface area (Å²) in [6, 6.07) is 6.76. The van der Waals surface area contributed by atoms with Crippen LogP contribution in [-0.4, -0.2) is 37.2 Å². The van der Waals surface area contributed by atoms with Crippen molar-refractivity contribution in [3.63, 3.8) is 0 Å². The summed E-state index contributed by atoms with van der Waals surface area (Å²) in [5.74, 6) is 1.55. The third-order valence-electron chi connectivity index (χ3n) is 3.85. The molecule has 0 bridgehead atoms. The Morgan fingerprint density at radius 1 is 1.42 bits per heavy atom. The predicted molar refractivity (Wildman–Crippen MR) is 79.8 cm³/mol. The molecule has 106 valence electrons. The van der Waals surface area contributed by atoms with Crippen molar-refractivity contribution in [1.29, 1.82) is 0 Å². The van der Waals surface area contributed by atoms with E-state index < -0.39 is 0 Å². The van der Waals surface area contributed by atoms with Gasteiger partial charge in [-0.1, -0.05) is 19.9 Å². The molecule has 1 saturated heterocycles. The summed E-state index contributed by atoms with van der Waals surface area (Å²) >= 11 is 0. The molecule has 1 aromatic carbocycles. The van der Waals surface area contributed by atoms with E-state index in [4.69, 9.17) is 10.5 Å². The zero-order chi connectivity index (χ0) is 13.8. The first kappa shape index (κ1) is 14.4. The summed E-state index contributed by atoms with van der Waals surface area (Å²) in [6.07, 6.45) is 1.11. The molecule has 19 heavy (non-hydrogen) atoms. The lowest BCUT2D eigenvalue weighted by molar-refractivity contribution is 0.236. The summed E-state index contributed by atoms with van der Waals surface area (Å²) in [7, 11) is 0. The van der Waals surface area contributed by atoms with Gasteiger partial charge in [-0.2, -0.15) is 0 Å². The number of hydrogen-bond donors (Lipinski definition) is 1. The smallest absolute Gasteiger partial charge is 0.119 e. The maximum Gasteiger partial charge on any atom is 0.119 e. The minimum absolute atomic E-state index is 0.354. The molecule has 0 unspecified atom stereocenters. The van der Waals surface area contributed by atoms with Crippen molar-refractivity contribution in [1.82, 2.24) is 4.90 Å². The highest BCUT2D eigenvalue weighted by Gasteiger charge is 2.18. The van der Waals surface area contributed by atoms with Gasteiger partial charge in [0.15, 0.2) is 0 Å². The maximum absolute atomic E-state index is 5.89. The molecule has 2 N–H and O–H groups in total. The Morgan fingerprint density at radius 2 is 2.21 bits per heavy atom. The standard InChI is InChI=1S/C16H26N2O/c1-12(2)16-5-4-15(10-13(16)3)19-9-8-18-7-6-14(17)11-18/h4-5,10,12,14H,6-9,11,17H2,1-3H3/t14-/m1/s1. The number of benzene rings is 1. The van der Waals surface area contributed by atoms with Gasteiger partial charge < -0.3 is 10.5 Å². The van der Waals surface area contributed by atoms with E-state index in [1.54, 1.807) is 0 Å². The van der Waals surface area contributed by atoms with E-state index in [0.29, 0.717) is 12.0 Å². The van der Waals surface area contributed by atoms with Crippen molar-refractivity contribution in [3.8, 4) is 5.75 Å². The van der Waals surface area contributed by atoms with Gasteiger partial charge in [0.05, 0.1) is 0 Å². The summed E-state index contributed by atoms with van der Waals surface area (Å²) in [6.45, 7) is 10.4. The Balaban J connectivity index is 1.81. The van der Waals surface area contributed by atoms with Gasteiger partial charge in [-0.3, -0.25) is 4.90 Å². The number of hydrogen-bond acceptors (Lipinski definition) is 3. The number of ether oxygens (including phenoxy) is 1. The van der Waals surface area contributed by atoms with E-state index in [9.17, 15) is 0 Å². The van der Waals surface area contributed by atoms with Gasteiger partial charge in [0.2, 0.25) is 0 Å². The second-order valence-corrected chi connectivity index (χ2v) is 5.87. The minimum atomic E-state index is 0.354. The molecule has 1 fully saturated rings. The molecule has 1 atom stereocenters. The summed E-state index contributed by atoms with van der Waals surface area (Å²) in [4.78, 5) is 2.38. The fourth-order valence-corrected chi connectivity index (χ4v) is 2.74. The molecule has 0 aromatic heterocycles. The van der Waals surface area contributed by atoms with E-state index in [2.05, 4.69) is 43.9 Å². The summed E-state index contributed by atoms with van der Waals surface area (Å²) in [5.41, 5.74) is 8.61. The number of nitrogens with zero attached hydrogens (tertiary/aromatic N) is 1. The molecule has 2 rings (SSSR count). The van der Waals surface area contributed by atoms with E-state index in [1.807, 2.05) is 0 Å². The van der Waals surface area contributed by atoms with Crippen molar-refractivity contribution in [3.05, 3.63) is 29.3 Å². The first-order chi connectivity index (χ1) is 9.06. The van der Waals surface area contributed by atoms with Crippen LogP contribution in [0.5, 0.6) is 5.75 Å². The Hall–Kier alpha value is -1.06. The number of aryl methyl sites for hydroxylation is 1. The molecule has 0 radical (unpaired) electrons. The van der Waals surface area contributed by atoms with Gasteiger partial charge in [-0.15, -0.1) is 0 Å². The Labute approximate surface area is 116 Å². The molecule has 1 aliphatic heterocycles. The number of nitrogens with two attached hydrogens (primary N) is 1. The van der Waals surface area contributed by atoms with Crippen LogP contribution < -0.4 is 10.5 Å². The van der Waals surface area contributed by atoms with Crippen LogP contribution in [0.1, 0.15) is 37.3 Å². The van der Waals surface area contributed by atoms with Crippen molar-refractivity contribution in [2.24, 2.45) is 5.73 Å². The van der Waals surface area contributed by atoms with Crippen LogP contribution in [0.25, 0.3) is 0 Å². The summed E-state index contributed by atoms with van der Waals surface area (Å²) in [5, 5.41) is 0. The Morgan fingerprint density at radius 3 is 2.79 bits per heavy atom. The van der Waals surface area contributed by atoms with Crippen molar-refractivity contribution < 1.29 is 4.74 Å². The molecule has 0 spiro atoms. The lowest BCUT2D eigenvalue weighted by Gasteiger charge is -2.16. The average molecular weight is 262 g/mol. The fraction of sp³-hybridized carbons (Fsp3) is 0.625. The van der Waals surface area contributed by atoms with Gasteiger partial charge in [-0.25, -0.2) is 0 Å². The second kappa shape index (κ2) is 6.40. The molecule has 3 nitrogen and oxygen atoms in total. The molecule has 0 aliphatic carbocycles. The highest BCUT2D eigenvalue weighted by molar-refractivity contribution is 5.36.